The second-order valence-electron chi connectivity index (χ2n) is 6.39. The number of ether oxygens (including phenoxy) is 1. The number of hydrogen-bond donors (Lipinski definition) is 3. The highest BCUT2D eigenvalue weighted by molar-refractivity contribution is 6.30. The molecule has 0 radical (unpaired) electrons. The van der Waals surface area contributed by atoms with Crippen LogP contribution in [0.25, 0.3) is 0 Å². The van der Waals surface area contributed by atoms with E-state index in [-0.39, 0.29) is 12.5 Å². The van der Waals surface area contributed by atoms with Gasteiger partial charge in [-0.05, 0) is 31.2 Å². The number of carboxylic acid groups (broad SMARTS) is 1. The Balaban J connectivity index is 0.000000396. The van der Waals surface area contributed by atoms with Gasteiger partial charge in [0, 0.05) is 29.1 Å². The van der Waals surface area contributed by atoms with Gasteiger partial charge in [-0.1, -0.05) is 23.7 Å². The van der Waals surface area contributed by atoms with Crippen LogP contribution >= 0.6 is 11.6 Å². The summed E-state index contributed by atoms with van der Waals surface area (Å²) in [5.74, 6) is -2.75. The second-order valence-corrected chi connectivity index (χ2v) is 6.83. The molecule has 6 nitrogen and oxygen atoms in total. The van der Waals surface area contributed by atoms with Gasteiger partial charge in [-0.15, -0.1) is 0 Å². The molecule has 2 unspecified atom stereocenters. The number of β-amino-alcohol motifs (C(OH)–C–C–N with tert-alkyl or cyclic N) is 1. The van der Waals surface area contributed by atoms with Gasteiger partial charge in [0.25, 0.3) is 0 Å². The van der Waals surface area contributed by atoms with E-state index in [4.69, 9.17) is 26.2 Å². The molecule has 11 heteroatoms. The van der Waals surface area contributed by atoms with Crippen molar-refractivity contribution < 1.29 is 37.3 Å². The Kier molecular flexibility index (Phi) is 8.39. The van der Waals surface area contributed by atoms with Crippen LogP contribution in [0.15, 0.2) is 36.4 Å². The highest BCUT2D eigenvalue weighted by atomic mass is 35.5. The predicted molar refractivity (Wildman–Crippen MR) is 99.9 cm³/mol. The lowest BCUT2D eigenvalue weighted by atomic mass is 9.91. The van der Waals surface area contributed by atoms with Crippen molar-refractivity contribution in [3.8, 4) is 5.88 Å². The van der Waals surface area contributed by atoms with Crippen LogP contribution in [0.1, 0.15) is 23.6 Å². The summed E-state index contributed by atoms with van der Waals surface area (Å²) >= 11 is 5.73. The number of aromatic nitrogens is 1. The lowest BCUT2D eigenvalue weighted by Gasteiger charge is -2.28. The van der Waals surface area contributed by atoms with Crippen molar-refractivity contribution in [1.82, 2.24) is 10.3 Å². The van der Waals surface area contributed by atoms with Crippen molar-refractivity contribution in [2.45, 2.75) is 31.2 Å². The molecule has 164 valence electrons. The number of rotatable bonds is 4. The summed E-state index contributed by atoms with van der Waals surface area (Å²) in [7, 11) is 0. The first kappa shape index (κ1) is 23.8. The number of alkyl halides is 3. The molecule has 1 aromatic carbocycles. The molecule has 1 aromatic heterocycles. The van der Waals surface area contributed by atoms with E-state index in [1.54, 1.807) is 18.2 Å². The van der Waals surface area contributed by atoms with Crippen LogP contribution in [0.2, 0.25) is 5.02 Å². The number of pyridine rings is 1. The van der Waals surface area contributed by atoms with Gasteiger partial charge in [0.1, 0.15) is 12.4 Å². The number of nitrogens with one attached hydrogen (secondary N) is 1. The standard InChI is InChI=1S/C17H18ClFN2O2.C2HF3O2/c18-12-5-4-11(14(19)8-12)10-23-17-3-1-2-15(21-17)13-6-7-20-9-16(13)22;3-2(4,5)1(6)7/h1-5,8,13,16,20,22H,6-7,9-10H2;(H,6,7). The van der Waals surface area contributed by atoms with Gasteiger partial charge >= 0.3 is 12.1 Å². The number of carbonyl (C=O) groups is 1. The molecule has 1 aliphatic rings. The third kappa shape index (κ3) is 7.12. The molecular formula is C19H19ClF4N2O4. The van der Waals surface area contributed by atoms with Gasteiger partial charge in [0.2, 0.25) is 5.88 Å². The highest BCUT2D eigenvalue weighted by Crippen LogP contribution is 2.26. The average Bonchev–Trinajstić information content (AvgIpc) is 2.68. The van der Waals surface area contributed by atoms with Crippen molar-refractivity contribution in [3.63, 3.8) is 0 Å². The zero-order valence-corrected chi connectivity index (χ0v) is 16.3. The van der Waals surface area contributed by atoms with E-state index in [1.807, 2.05) is 12.1 Å². The van der Waals surface area contributed by atoms with E-state index in [1.165, 1.54) is 6.07 Å². The van der Waals surface area contributed by atoms with Crippen molar-refractivity contribution in [3.05, 3.63) is 58.5 Å². The number of benzene rings is 1. The van der Waals surface area contributed by atoms with E-state index < -0.39 is 24.1 Å². The van der Waals surface area contributed by atoms with Crippen LogP contribution in [-0.2, 0) is 11.4 Å². The molecular weight excluding hydrogens is 432 g/mol. The zero-order valence-electron chi connectivity index (χ0n) is 15.5. The zero-order chi connectivity index (χ0) is 22.3. The number of hydrogen-bond acceptors (Lipinski definition) is 5. The molecule has 1 saturated heterocycles. The van der Waals surface area contributed by atoms with E-state index in [0.29, 0.717) is 23.0 Å². The van der Waals surface area contributed by atoms with Crippen molar-refractivity contribution in [2.75, 3.05) is 13.1 Å². The van der Waals surface area contributed by atoms with E-state index in [9.17, 15) is 22.7 Å². The third-order valence-electron chi connectivity index (χ3n) is 4.21. The third-order valence-corrected chi connectivity index (χ3v) is 4.44. The van der Waals surface area contributed by atoms with Gasteiger partial charge in [-0.2, -0.15) is 13.2 Å². The monoisotopic (exact) mass is 450 g/mol. The molecule has 2 aromatic rings. The number of aliphatic carboxylic acids is 1. The van der Waals surface area contributed by atoms with Crippen LogP contribution in [0.4, 0.5) is 17.6 Å². The summed E-state index contributed by atoms with van der Waals surface area (Å²) in [6.07, 6.45) is -4.72. The Bertz CT molecular complexity index is 867. The maximum atomic E-state index is 13.7. The molecule has 3 rings (SSSR count). The lowest BCUT2D eigenvalue weighted by Crippen LogP contribution is -2.39. The maximum absolute atomic E-state index is 13.7. The SMILES string of the molecule is O=C(O)C(F)(F)F.OC1CNCCC1c1cccc(OCc2ccc(Cl)cc2F)n1. The molecule has 1 aliphatic heterocycles. The lowest BCUT2D eigenvalue weighted by molar-refractivity contribution is -0.192. The smallest absolute Gasteiger partial charge is 0.475 e. The van der Waals surface area contributed by atoms with E-state index in [2.05, 4.69) is 10.3 Å². The van der Waals surface area contributed by atoms with Crippen LogP contribution in [-0.4, -0.2) is 46.5 Å². The molecule has 2 heterocycles. The van der Waals surface area contributed by atoms with Crippen molar-refractivity contribution >= 4 is 17.6 Å². The molecule has 2 atom stereocenters. The van der Waals surface area contributed by atoms with Crippen LogP contribution in [0.5, 0.6) is 5.88 Å². The van der Waals surface area contributed by atoms with Crippen molar-refractivity contribution in [2.24, 2.45) is 0 Å². The van der Waals surface area contributed by atoms with E-state index >= 15 is 0 Å². The molecule has 0 bridgehead atoms. The minimum Gasteiger partial charge on any atom is -0.475 e. The quantitative estimate of drug-likeness (QED) is 0.617. The van der Waals surface area contributed by atoms with Crippen LogP contribution in [0.3, 0.4) is 0 Å². The number of piperidine rings is 1. The van der Waals surface area contributed by atoms with E-state index in [0.717, 1.165) is 18.7 Å². The van der Waals surface area contributed by atoms with Crippen LogP contribution < -0.4 is 10.1 Å². The minimum absolute atomic E-state index is 0.00734. The predicted octanol–water partition coefficient (Wildman–Crippen LogP) is 3.52. The second kappa shape index (κ2) is 10.6. The fraction of sp³-hybridized carbons (Fsp3) is 0.368. The molecule has 1 fully saturated rings. The fourth-order valence-electron chi connectivity index (χ4n) is 2.70. The normalized spacial score (nSPS) is 18.9. The highest BCUT2D eigenvalue weighted by Gasteiger charge is 2.38. The minimum atomic E-state index is -5.08. The molecule has 0 amide bonds. The number of halogens is 5. The number of aliphatic hydroxyl groups excluding tert-OH is 1. The number of nitrogens with zero attached hydrogens (tertiary/aromatic N) is 1. The maximum Gasteiger partial charge on any atom is 0.490 e. The topological polar surface area (TPSA) is 91.7 Å². The Morgan fingerprint density at radius 1 is 1.30 bits per heavy atom. The molecule has 0 spiro atoms. The largest absolute Gasteiger partial charge is 0.490 e. The summed E-state index contributed by atoms with van der Waals surface area (Å²) in [6, 6.07) is 9.93. The number of aliphatic hydroxyl groups is 1. The summed E-state index contributed by atoms with van der Waals surface area (Å²) in [6.45, 7) is 1.49. The van der Waals surface area contributed by atoms with Gasteiger partial charge in [-0.25, -0.2) is 14.2 Å². The van der Waals surface area contributed by atoms with Gasteiger partial charge in [-0.3, -0.25) is 0 Å². The van der Waals surface area contributed by atoms with Crippen molar-refractivity contribution in [1.29, 1.82) is 0 Å². The fourth-order valence-corrected chi connectivity index (χ4v) is 2.85. The summed E-state index contributed by atoms with van der Waals surface area (Å²) in [4.78, 5) is 13.3. The Labute approximate surface area is 174 Å². The summed E-state index contributed by atoms with van der Waals surface area (Å²) in [5.41, 5.74) is 1.22. The Morgan fingerprint density at radius 2 is 2.00 bits per heavy atom. The first-order valence-corrected chi connectivity index (χ1v) is 9.18. The van der Waals surface area contributed by atoms with Gasteiger partial charge < -0.3 is 20.3 Å². The number of carboxylic acids is 1. The van der Waals surface area contributed by atoms with Gasteiger partial charge in [0.05, 0.1) is 11.8 Å². The Morgan fingerprint density at radius 3 is 2.60 bits per heavy atom. The first-order valence-electron chi connectivity index (χ1n) is 8.80. The summed E-state index contributed by atoms with van der Waals surface area (Å²) in [5, 5.41) is 20.7. The average molecular weight is 451 g/mol. The molecule has 3 N–H and O–H groups in total. The first-order chi connectivity index (χ1) is 14.1. The Hall–Kier alpha value is -2.43. The van der Waals surface area contributed by atoms with Gasteiger partial charge in [0.15, 0.2) is 0 Å². The molecule has 30 heavy (non-hydrogen) atoms. The van der Waals surface area contributed by atoms with Crippen LogP contribution in [0, 0.1) is 5.82 Å². The molecule has 0 saturated carbocycles. The summed E-state index contributed by atoms with van der Waals surface area (Å²) < 4.78 is 51.1. The molecule has 0 aliphatic carbocycles.